The standard InChI is InChI=1S/C19H17ClO4/c1-10-17(22-3)11(2)19-15(18(10)23-4)16(21)14(24-19)9-12-5-7-13(20)8-6-12/h5-9H,1-4H3/b14-9-. The molecule has 0 bridgehead atoms. The van der Waals surface area contributed by atoms with Gasteiger partial charge in [-0.15, -0.1) is 0 Å². The number of ketones is 1. The molecule has 0 amide bonds. The summed E-state index contributed by atoms with van der Waals surface area (Å²) in [7, 11) is 3.12. The monoisotopic (exact) mass is 344 g/mol. The number of benzene rings is 2. The molecule has 5 heteroatoms. The Balaban J connectivity index is 2.13. The molecule has 0 aliphatic carbocycles. The van der Waals surface area contributed by atoms with Crippen LogP contribution in [0.5, 0.6) is 17.2 Å². The fourth-order valence-electron chi connectivity index (χ4n) is 2.95. The first-order valence-corrected chi connectivity index (χ1v) is 7.80. The van der Waals surface area contributed by atoms with Crippen LogP contribution in [0.25, 0.3) is 6.08 Å². The number of carbonyl (C=O) groups is 1. The van der Waals surface area contributed by atoms with Gasteiger partial charge in [0.2, 0.25) is 5.78 Å². The maximum absolute atomic E-state index is 12.8. The summed E-state index contributed by atoms with van der Waals surface area (Å²) in [6, 6.07) is 7.18. The summed E-state index contributed by atoms with van der Waals surface area (Å²) >= 11 is 5.89. The van der Waals surface area contributed by atoms with Crippen molar-refractivity contribution in [3.63, 3.8) is 0 Å². The first-order chi connectivity index (χ1) is 11.5. The van der Waals surface area contributed by atoms with Crippen molar-refractivity contribution in [2.75, 3.05) is 14.2 Å². The average Bonchev–Trinajstić information content (AvgIpc) is 2.88. The van der Waals surface area contributed by atoms with E-state index in [0.29, 0.717) is 27.8 Å². The van der Waals surface area contributed by atoms with Crippen LogP contribution in [-0.2, 0) is 0 Å². The highest BCUT2D eigenvalue weighted by molar-refractivity contribution is 6.30. The fourth-order valence-corrected chi connectivity index (χ4v) is 3.07. The minimum Gasteiger partial charge on any atom is -0.496 e. The van der Waals surface area contributed by atoms with Gasteiger partial charge in [-0.25, -0.2) is 0 Å². The summed E-state index contributed by atoms with van der Waals surface area (Å²) in [4.78, 5) is 12.8. The predicted octanol–water partition coefficient (Wildman–Crippen LogP) is 4.59. The Bertz CT molecular complexity index is 851. The van der Waals surface area contributed by atoms with Crippen molar-refractivity contribution in [3.05, 3.63) is 57.3 Å². The lowest BCUT2D eigenvalue weighted by molar-refractivity contribution is 0.101. The predicted molar refractivity (Wildman–Crippen MR) is 93.4 cm³/mol. The Morgan fingerprint density at radius 3 is 2.21 bits per heavy atom. The number of ether oxygens (including phenoxy) is 3. The van der Waals surface area contributed by atoms with Gasteiger partial charge in [0.15, 0.2) is 5.76 Å². The van der Waals surface area contributed by atoms with Gasteiger partial charge in [-0.05, 0) is 37.6 Å². The van der Waals surface area contributed by atoms with E-state index in [2.05, 4.69) is 0 Å². The van der Waals surface area contributed by atoms with Crippen LogP contribution >= 0.6 is 11.6 Å². The van der Waals surface area contributed by atoms with Gasteiger partial charge in [-0.1, -0.05) is 23.7 Å². The maximum Gasteiger partial charge on any atom is 0.235 e. The number of fused-ring (bicyclic) bond motifs is 1. The number of halogens is 1. The zero-order valence-electron chi connectivity index (χ0n) is 13.9. The molecule has 0 fully saturated rings. The molecule has 2 aromatic rings. The molecule has 1 aliphatic heterocycles. The van der Waals surface area contributed by atoms with E-state index in [1.165, 1.54) is 7.11 Å². The zero-order valence-corrected chi connectivity index (χ0v) is 14.7. The Morgan fingerprint density at radius 1 is 1.00 bits per heavy atom. The average molecular weight is 345 g/mol. The van der Waals surface area contributed by atoms with Gasteiger partial charge in [0.1, 0.15) is 22.8 Å². The van der Waals surface area contributed by atoms with E-state index in [1.807, 2.05) is 26.0 Å². The highest BCUT2D eigenvalue weighted by Crippen LogP contribution is 2.47. The molecule has 0 spiro atoms. The normalized spacial score (nSPS) is 14.5. The summed E-state index contributed by atoms with van der Waals surface area (Å²) in [5, 5.41) is 0.636. The van der Waals surface area contributed by atoms with Gasteiger partial charge in [0.05, 0.1) is 14.2 Å². The SMILES string of the molecule is COc1c(C)c(OC)c2c(c1C)O/C(=C\c1ccc(Cl)cc1)C2=O. The van der Waals surface area contributed by atoms with E-state index in [-0.39, 0.29) is 11.5 Å². The van der Waals surface area contributed by atoms with Crippen LogP contribution in [0.4, 0.5) is 0 Å². The molecular weight excluding hydrogens is 328 g/mol. The summed E-state index contributed by atoms with van der Waals surface area (Å²) in [5.41, 5.74) is 2.82. The third-order valence-corrected chi connectivity index (χ3v) is 4.31. The van der Waals surface area contributed by atoms with E-state index >= 15 is 0 Å². The molecular formula is C19H17ClO4. The van der Waals surface area contributed by atoms with Gasteiger partial charge in [-0.2, -0.15) is 0 Å². The van der Waals surface area contributed by atoms with Gasteiger partial charge in [0.25, 0.3) is 0 Å². The summed E-state index contributed by atoms with van der Waals surface area (Å²) in [6.45, 7) is 3.72. The number of carbonyl (C=O) groups excluding carboxylic acids is 1. The molecule has 1 aliphatic rings. The first-order valence-electron chi connectivity index (χ1n) is 7.42. The quantitative estimate of drug-likeness (QED) is 0.764. The van der Waals surface area contributed by atoms with Crippen molar-refractivity contribution >= 4 is 23.5 Å². The summed E-state index contributed by atoms with van der Waals surface area (Å²) < 4.78 is 16.7. The highest BCUT2D eigenvalue weighted by atomic mass is 35.5. The van der Waals surface area contributed by atoms with Crippen LogP contribution in [0, 0.1) is 13.8 Å². The lowest BCUT2D eigenvalue weighted by Crippen LogP contribution is -2.02. The van der Waals surface area contributed by atoms with Crippen LogP contribution in [-0.4, -0.2) is 20.0 Å². The molecule has 2 aromatic carbocycles. The second-order valence-electron chi connectivity index (χ2n) is 5.51. The fraction of sp³-hybridized carbons (Fsp3) is 0.211. The van der Waals surface area contributed by atoms with Gasteiger partial charge in [-0.3, -0.25) is 4.79 Å². The van der Waals surface area contributed by atoms with Crippen molar-refractivity contribution in [1.29, 1.82) is 0 Å². The van der Waals surface area contributed by atoms with Crippen molar-refractivity contribution < 1.29 is 19.0 Å². The molecule has 0 unspecified atom stereocenters. The Hall–Kier alpha value is -2.46. The molecule has 0 atom stereocenters. The van der Waals surface area contributed by atoms with Gasteiger partial charge < -0.3 is 14.2 Å². The minimum absolute atomic E-state index is 0.203. The lowest BCUT2D eigenvalue weighted by Gasteiger charge is -2.15. The third-order valence-electron chi connectivity index (χ3n) is 4.06. The molecule has 0 saturated heterocycles. The van der Waals surface area contributed by atoms with Crippen molar-refractivity contribution in [2.24, 2.45) is 0 Å². The zero-order chi connectivity index (χ0) is 17.4. The topological polar surface area (TPSA) is 44.8 Å². The summed E-state index contributed by atoms with van der Waals surface area (Å²) in [6.07, 6.45) is 1.69. The van der Waals surface area contributed by atoms with Crippen LogP contribution < -0.4 is 14.2 Å². The van der Waals surface area contributed by atoms with Crippen LogP contribution in [0.3, 0.4) is 0 Å². The lowest BCUT2D eigenvalue weighted by atomic mass is 10.00. The van der Waals surface area contributed by atoms with E-state index in [4.69, 9.17) is 25.8 Å². The molecule has 124 valence electrons. The van der Waals surface area contributed by atoms with Crippen LogP contribution in [0.2, 0.25) is 5.02 Å². The first kappa shape index (κ1) is 16.4. The van der Waals surface area contributed by atoms with E-state index in [0.717, 1.165) is 16.7 Å². The largest absolute Gasteiger partial charge is 0.496 e. The maximum atomic E-state index is 12.8. The van der Waals surface area contributed by atoms with E-state index in [9.17, 15) is 4.79 Å². The second-order valence-corrected chi connectivity index (χ2v) is 5.95. The van der Waals surface area contributed by atoms with Crippen LogP contribution in [0.15, 0.2) is 30.0 Å². The number of hydrogen-bond acceptors (Lipinski definition) is 4. The molecule has 0 aromatic heterocycles. The van der Waals surface area contributed by atoms with Crippen molar-refractivity contribution in [2.45, 2.75) is 13.8 Å². The van der Waals surface area contributed by atoms with E-state index in [1.54, 1.807) is 25.3 Å². The third kappa shape index (κ3) is 2.53. The number of Topliss-reactive ketones (excluding diaryl/α,β-unsaturated/α-hetero) is 1. The van der Waals surface area contributed by atoms with Crippen LogP contribution in [0.1, 0.15) is 27.0 Å². The number of rotatable bonds is 3. The van der Waals surface area contributed by atoms with Crippen molar-refractivity contribution in [3.8, 4) is 17.2 Å². The second kappa shape index (κ2) is 6.21. The number of allylic oxidation sites excluding steroid dienone is 1. The molecule has 4 nitrogen and oxygen atoms in total. The molecule has 1 heterocycles. The molecule has 3 rings (SSSR count). The summed E-state index contributed by atoms with van der Waals surface area (Å²) in [5.74, 6) is 1.68. The smallest absolute Gasteiger partial charge is 0.235 e. The van der Waals surface area contributed by atoms with Gasteiger partial charge in [0, 0.05) is 16.1 Å². The Morgan fingerprint density at radius 2 is 1.62 bits per heavy atom. The number of methoxy groups -OCH3 is 2. The molecule has 0 radical (unpaired) electrons. The highest BCUT2D eigenvalue weighted by Gasteiger charge is 2.35. The Labute approximate surface area is 145 Å². The molecule has 24 heavy (non-hydrogen) atoms. The molecule has 0 saturated carbocycles. The van der Waals surface area contributed by atoms with Crippen molar-refractivity contribution in [1.82, 2.24) is 0 Å². The molecule has 0 N–H and O–H groups in total. The number of hydrogen-bond donors (Lipinski definition) is 0. The minimum atomic E-state index is -0.203. The Kier molecular flexibility index (Phi) is 4.24. The van der Waals surface area contributed by atoms with Gasteiger partial charge >= 0.3 is 0 Å². The van der Waals surface area contributed by atoms with E-state index < -0.39 is 0 Å².